The molecule has 2 N–H and O–H groups in total. The van der Waals surface area contributed by atoms with E-state index in [1.165, 1.54) is 0 Å². The Labute approximate surface area is 437 Å². The van der Waals surface area contributed by atoms with Crippen LogP contribution in [0.4, 0.5) is 0 Å². The second-order valence-corrected chi connectivity index (χ2v) is 19.1. The zero-order valence-electron chi connectivity index (χ0n) is 44.8. The smallest absolute Gasteiger partial charge is 0.462 e. The van der Waals surface area contributed by atoms with E-state index in [2.05, 4.69) is 142 Å². The number of aliphatic hydroxyl groups excluding tert-OH is 1. The zero-order valence-corrected chi connectivity index (χ0v) is 45.7. The zero-order chi connectivity index (χ0) is 52.7. The number of hydrogen-bond acceptors (Lipinski definition) is 10. The number of carbonyl (C=O) groups excluding carboxylic acids is 3. The van der Waals surface area contributed by atoms with Gasteiger partial charge in [0.05, 0.1) is 19.8 Å². The monoisotopic (exact) mass is 1020 g/mol. The van der Waals surface area contributed by atoms with Crippen LogP contribution in [0.25, 0.3) is 0 Å². The van der Waals surface area contributed by atoms with Gasteiger partial charge in [0.15, 0.2) is 6.10 Å². The molecule has 0 heterocycles. The summed E-state index contributed by atoms with van der Waals surface area (Å²) in [6.45, 7) is 4.19. The van der Waals surface area contributed by atoms with Crippen LogP contribution in [0.5, 0.6) is 0 Å². The highest BCUT2D eigenvalue weighted by Gasteiger charge is 2.28. The maximum atomic E-state index is 12.9. The number of carbonyl (C=O) groups is 3. The van der Waals surface area contributed by atoms with E-state index in [4.69, 9.17) is 23.3 Å². The largest absolute Gasteiger partial charge is 0.472 e. The Bertz CT molecular complexity index is 1670. The van der Waals surface area contributed by atoms with Crippen molar-refractivity contribution in [3.05, 3.63) is 122 Å². The number of hydrogen-bond donors (Lipinski definition) is 2. The number of esters is 3. The van der Waals surface area contributed by atoms with Gasteiger partial charge >= 0.3 is 25.7 Å². The lowest BCUT2D eigenvalue weighted by Crippen LogP contribution is -2.30. The van der Waals surface area contributed by atoms with E-state index in [9.17, 15) is 28.9 Å². The number of phosphoric ester groups is 1. The van der Waals surface area contributed by atoms with E-state index in [-0.39, 0.29) is 25.9 Å². The second-order valence-electron chi connectivity index (χ2n) is 17.6. The maximum absolute atomic E-state index is 12.9. The standard InChI is InChI=1S/C60H97O11P/c1-4-7-10-13-16-19-22-25-27-28-30-33-36-39-42-45-48-51-60(64)71-57(53-67-58(62)49-46-43-40-37-34-32-29-26-23-20-17-14-11-8-5-2)55-69-72(65,66)68-54-56(52-61)70-59(63)50-47-44-41-38-35-31-24-21-18-15-12-9-6-3/h7-12,16-21,25-27,29-31,33,35,56-57,61H,4-6,13-15,22-24,28,32,34,36-55H2,1-3H3,(H,65,66)/b10-7-,11-8-,12-9-,19-16-,20-17-,21-18-,27-25-,29-26-,33-30-,35-31-. The molecule has 11 nitrogen and oxygen atoms in total. The van der Waals surface area contributed by atoms with Gasteiger partial charge in [0.2, 0.25) is 0 Å². The normalized spacial score (nSPS) is 14.3. The minimum absolute atomic E-state index is 0.127. The number of aliphatic hydroxyl groups is 1. The van der Waals surface area contributed by atoms with Gasteiger partial charge in [-0.15, -0.1) is 0 Å². The molecule has 0 fully saturated rings. The predicted molar refractivity (Wildman–Crippen MR) is 297 cm³/mol. The van der Waals surface area contributed by atoms with Crippen molar-refractivity contribution in [2.75, 3.05) is 26.4 Å². The number of ether oxygens (including phenoxy) is 3. The van der Waals surface area contributed by atoms with Crippen LogP contribution in [-0.2, 0) is 42.2 Å². The third-order valence-corrected chi connectivity index (χ3v) is 11.8. The van der Waals surface area contributed by atoms with Crippen molar-refractivity contribution in [2.24, 2.45) is 0 Å². The van der Waals surface area contributed by atoms with E-state index < -0.39 is 57.8 Å². The van der Waals surface area contributed by atoms with Crippen LogP contribution >= 0.6 is 7.82 Å². The molecule has 408 valence electrons. The van der Waals surface area contributed by atoms with Crippen molar-refractivity contribution in [1.29, 1.82) is 0 Å². The number of phosphoric acid groups is 1. The fourth-order valence-corrected chi connectivity index (χ4v) is 7.57. The van der Waals surface area contributed by atoms with Crippen molar-refractivity contribution in [2.45, 2.75) is 213 Å². The summed E-state index contributed by atoms with van der Waals surface area (Å²) in [7, 11) is -4.77. The van der Waals surface area contributed by atoms with Crippen LogP contribution in [0.3, 0.4) is 0 Å². The van der Waals surface area contributed by atoms with Gasteiger partial charge in [-0.2, -0.15) is 0 Å². The SMILES string of the molecule is CC/C=C\C/C=C\C/C=C\C/C=C\CCCCCCC(=O)OC(COC(=O)CCCCCCC/C=C\C/C=C\C/C=C\CC)COP(=O)(O)OCC(CO)OC(=O)CCCCC/C=C\C/C=C\C/C=C\CC. The molecule has 0 aliphatic rings. The van der Waals surface area contributed by atoms with E-state index in [0.717, 1.165) is 141 Å². The van der Waals surface area contributed by atoms with Crippen molar-refractivity contribution in [3.63, 3.8) is 0 Å². The number of allylic oxidation sites excluding steroid dienone is 20. The molecule has 0 aliphatic carbocycles. The summed E-state index contributed by atoms with van der Waals surface area (Å²) in [6, 6.07) is 0. The van der Waals surface area contributed by atoms with Gasteiger partial charge in [-0.25, -0.2) is 4.57 Å². The average Bonchev–Trinajstić information content (AvgIpc) is 3.37. The minimum atomic E-state index is -4.77. The van der Waals surface area contributed by atoms with E-state index in [1.807, 2.05) is 0 Å². The Morgan fingerprint density at radius 3 is 1.06 bits per heavy atom. The molecule has 0 rings (SSSR count). The fourth-order valence-electron chi connectivity index (χ4n) is 6.79. The Kier molecular flexibility index (Phi) is 50.1. The van der Waals surface area contributed by atoms with Gasteiger partial charge in [-0.05, 0) is 122 Å². The summed E-state index contributed by atoms with van der Waals surface area (Å²) < 4.78 is 39.4. The second kappa shape index (κ2) is 53.2. The first kappa shape index (κ1) is 67.9. The van der Waals surface area contributed by atoms with E-state index in [1.54, 1.807) is 0 Å². The van der Waals surface area contributed by atoms with Crippen molar-refractivity contribution in [3.8, 4) is 0 Å². The lowest BCUT2D eigenvalue weighted by Gasteiger charge is -2.21. The van der Waals surface area contributed by atoms with Crippen LogP contribution in [0.15, 0.2) is 122 Å². The summed E-state index contributed by atoms with van der Waals surface area (Å²) in [4.78, 5) is 48.5. The molecule has 0 saturated heterocycles. The van der Waals surface area contributed by atoms with Crippen molar-refractivity contribution < 1.29 is 52.2 Å². The van der Waals surface area contributed by atoms with Crippen LogP contribution in [0, 0.1) is 0 Å². The van der Waals surface area contributed by atoms with E-state index in [0.29, 0.717) is 19.3 Å². The molecule has 0 amide bonds. The van der Waals surface area contributed by atoms with Gasteiger partial charge in [-0.3, -0.25) is 23.4 Å². The van der Waals surface area contributed by atoms with Crippen LogP contribution in [0.2, 0.25) is 0 Å². The molecule has 72 heavy (non-hydrogen) atoms. The van der Waals surface area contributed by atoms with Gasteiger partial charge in [0.25, 0.3) is 0 Å². The first-order chi connectivity index (χ1) is 35.2. The summed E-state index contributed by atoms with van der Waals surface area (Å²) in [5, 5.41) is 9.79. The average molecular weight is 1030 g/mol. The Balaban J connectivity index is 4.86. The highest BCUT2D eigenvalue weighted by Crippen LogP contribution is 2.43. The highest BCUT2D eigenvalue weighted by molar-refractivity contribution is 7.47. The Hall–Kier alpha value is -4.12. The summed E-state index contributed by atoms with van der Waals surface area (Å²) >= 11 is 0. The molecule has 0 aromatic carbocycles. The van der Waals surface area contributed by atoms with E-state index >= 15 is 0 Å². The molecule has 3 atom stereocenters. The molecular weight excluding hydrogens is 928 g/mol. The molecule has 0 spiro atoms. The predicted octanol–water partition coefficient (Wildman–Crippen LogP) is 16.0. The number of rotatable bonds is 49. The fraction of sp³-hybridized carbons (Fsp3) is 0.617. The van der Waals surface area contributed by atoms with Gasteiger partial charge < -0.3 is 24.2 Å². The Morgan fingerprint density at radius 1 is 0.389 bits per heavy atom. The Morgan fingerprint density at radius 2 is 0.681 bits per heavy atom. The van der Waals surface area contributed by atoms with Gasteiger partial charge in [-0.1, -0.05) is 181 Å². The molecule has 0 radical (unpaired) electrons. The molecule has 0 aliphatic heterocycles. The summed E-state index contributed by atoms with van der Waals surface area (Å²) in [5.41, 5.74) is 0. The third kappa shape index (κ3) is 50.8. The van der Waals surface area contributed by atoms with Gasteiger partial charge in [0.1, 0.15) is 12.7 Å². The first-order valence-electron chi connectivity index (χ1n) is 27.4. The molecule has 3 unspecified atom stereocenters. The molecule has 12 heteroatoms. The van der Waals surface area contributed by atoms with Crippen LogP contribution in [-0.4, -0.2) is 66.5 Å². The summed E-state index contributed by atoms with van der Waals surface area (Å²) in [5.74, 6) is -1.56. The first-order valence-corrected chi connectivity index (χ1v) is 28.9. The van der Waals surface area contributed by atoms with Crippen molar-refractivity contribution in [1.82, 2.24) is 0 Å². The molecular formula is C60H97O11P. The third-order valence-electron chi connectivity index (χ3n) is 10.9. The van der Waals surface area contributed by atoms with Gasteiger partial charge in [0, 0.05) is 19.3 Å². The summed E-state index contributed by atoms with van der Waals surface area (Å²) in [6.07, 6.45) is 64.5. The molecule has 0 aromatic heterocycles. The van der Waals surface area contributed by atoms with Crippen LogP contribution < -0.4 is 0 Å². The quantitative estimate of drug-likeness (QED) is 0.0197. The topological polar surface area (TPSA) is 155 Å². The molecule has 0 aromatic rings. The highest BCUT2D eigenvalue weighted by atomic mass is 31.2. The lowest BCUT2D eigenvalue weighted by molar-refractivity contribution is -0.161. The van der Waals surface area contributed by atoms with Crippen LogP contribution in [0.1, 0.15) is 201 Å². The molecule has 0 bridgehead atoms. The number of unbranched alkanes of at least 4 members (excludes halogenated alkanes) is 12. The lowest BCUT2D eigenvalue weighted by atomic mass is 10.1. The van der Waals surface area contributed by atoms with Crippen molar-refractivity contribution >= 4 is 25.7 Å². The molecule has 0 saturated carbocycles. The maximum Gasteiger partial charge on any atom is 0.472 e. The minimum Gasteiger partial charge on any atom is -0.462 e.